The van der Waals surface area contributed by atoms with Gasteiger partial charge in [-0.3, -0.25) is 9.59 Å². The Kier molecular flexibility index (Phi) is 5.57. The first kappa shape index (κ1) is 16.7. The third-order valence-electron chi connectivity index (χ3n) is 5.42. The van der Waals surface area contributed by atoms with E-state index in [1.54, 1.807) is 0 Å². The first-order valence-electron chi connectivity index (χ1n) is 9.42. The Morgan fingerprint density at radius 2 is 1.78 bits per heavy atom. The first-order valence-corrected chi connectivity index (χ1v) is 9.42. The summed E-state index contributed by atoms with van der Waals surface area (Å²) in [5.41, 5.74) is 0. The maximum atomic E-state index is 12.4. The van der Waals surface area contributed by atoms with Gasteiger partial charge in [0.25, 0.3) is 0 Å². The number of piperidine rings is 1. The normalized spacial score (nSPS) is 27.0. The average molecular weight is 321 g/mol. The summed E-state index contributed by atoms with van der Waals surface area (Å²) < 4.78 is 0. The molecule has 0 spiro atoms. The Balaban J connectivity index is 1.39. The van der Waals surface area contributed by atoms with E-state index in [1.807, 2.05) is 4.90 Å². The van der Waals surface area contributed by atoms with Crippen LogP contribution in [0.4, 0.5) is 0 Å². The highest BCUT2D eigenvalue weighted by atomic mass is 16.2. The van der Waals surface area contributed by atoms with E-state index in [0.717, 1.165) is 45.3 Å². The van der Waals surface area contributed by atoms with Crippen molar-refractivity contribution in [3.05, 3.63) is 0 Å². The van der Waals surface area contributed by atoms with Crippen molar-refractivity contribution < 1.29 is 9.59 Å². The van der Waals surface area contributed by atoms with E-state index in [-0.39, 0.29) is 23.7 Å². The molecule has 1 saturated carbocycles. The van der Waals surface area contributed by atoms with E-state index in [2.05, 4.69) is 17.1 Å². The van der Waals surface area contributed by atoms with Crippen molar-refractivity contribution in [3.8, 4) is 0 Å². The molecular formula is C18H31N3O2. The quantitative estimate of drug-likeness (QED) is 0.806. The monoisotopic (exact) mass is 321 g/mol. The summed E-state index contributed by atoms with van der Waals surface area (Å²) >= 11 is 0. The first-order chi connectivity index (χ1) is 11.1. The molecule has 5 heteroatoms. The van der Waals surface area contributed by atoms with E-state index in [1.165, 1.54) is 25.9 Å². The van der Waals surface area contributed by atoms with Gasteiger partial charge in [0.15, 0.2) is 0 Å². The van der Waals surface area contributed by atoms with E-state index in [4.69, 9.17) is 0 Å². The minimum absolute atomic E-state index is 0.00885. The fourth-order valence-electron chi connectivity index (χ4n) is 3.87. The molecule has 0 radical (unpaired) electrons. The molecule has 0 bridgehead atoms. The largest absolute Gasteiger partial charge is 0.355 e. The molecule has 3 rings (SSSR count). The van der Waals surface area contributed by atoms with Crippen LogP contribution in [0, 0.1) is 17.8 Å². The van der Waals surface area contributed by atoms with Gasteiger partial charge in [-0.05, 0) is 57.5 Å². The van der Waals surface area contributed by atoms with E-state index >= 15 is 0 Å². The highest BCUT2D eigenvalue weighted by Gasteiger charge is 2.36. The molecule has 130 valence electrons. The predicted molar refractivity (Wildman–Crippen MR) is 89.9 cm³/mol. The number of hydrogen-bond donors (Lipinski definition) is 1. The molecule has 2 aliphatic heterocycles. The van der Waals surface area contributed by atoms with Crippen LogP contribution in [0.1, 0.15) is 45.4 Å². The Labute approximate surface area is 139 Å². The fourth-order valence-corrected chi connectivity index (χ4v) is 3.87. The molecule has 0 aromatic heterocycles. The van der Waals surface area contributed by atoms with Crippen LogP contribution in [-0.2, 0) is 9.59 Å². The molecule has 1 aliphatic carbocycles. The molecule has 3 fully saturated rings. The molecule has 3 aliphatic rings. The topological polar surface area (TPSA) is 52.7 Å². The zero-order chi connectivity index (χ0) is 16.2. The number of carbonyl (C=O) groups is 2. The molecule has 2 unspecified atom stereocenters. The van der Waals surface area contributed by atoms with Crippen LogP contribution < -0.4 is 5.32 Å². The molecule has 0 aromatic carbocycles. The molecule has 2 saturated heterocycles. The minimum atomic E-state index is -0.00885. The lowest BCUT2D eigenvalue weighted by Crippen LogP contribution is -2.47. The second kappa shape index (κ2) is 7.65. The zero-order valence-electron chi connectivity index (χ0n) is 14.4. The number of nitrogens with zero attached hydrogens (tertiary/aromatic N) is 2. The Hall–Kier alpha value is -1.10. The number of amides is 2. The van der Waals surface area contributed by atoms with Gasteiger partial charge in [0.1, 0.15) is 0 Å². The van der Waals surface area contributed by atoms with Crippen molar-refractivity contribution in [2.75, 3.05) is 39.3 Å². The summed E-state index contributed by atoms with van der Waals surface area (Å²) in [6, 6.07) is 0. The van der Waals surface area contributed by atoms with Gasteiger partial charge < -0.3 is 15.1 Å². The standard InChI is InChI=1S/C18H31N3O2/c1-14(12-20-8-2-3-9-20)11-19-17(22)16-5-4-10-21(13-16)18(23)15-6-7-15/h14-16H,2-13H2,1H3,(H,19,22). The van der Waals surface area contributed by atoms with Gasteiger partial charge >= 0.3 is 0 Å². The van der Waals surface area contributed by atoms with Crippen molar-refractivity contribution in [2.45, 2.75) is 45.4 Å². The maximum absolute atomic E-state index is 12.4. The highest BCUT2D eigenvalue weighted by molar-refractivity contribution is 5.83. The SMILES string of the molecule is CC(CNC(=O)C1CCCN(C(=O)C2CC2)C1)CN1CCCC1. The van der Waals surface area contributed by atoms with Crippen molar-refractivity contribution in [1.29, 1.82) is 0 Å². The van der Waals surface area contributed by atoms with Gasteiger partial charge in [-0.15, -0.1) is 0 Å². The van der Waals surface area contributed by atoms with Crippen LogP contribution >= 0.6 is 0 Å². The summed E-state index contributed by atoms with van der Waals surface area (Å²) in [6.45, 7) is 7.92. The van der Waals surface area contributed by atoms with Gasteiger partial charge in [0, 0.05) is 32.1 Å². The number of nitrogens with one attached hydrogen (secondary N) is 1. The summed E-state index contributed by atoms with van der Waals surface area (Å²) in [4.78, 5) is 29.0. The van der Waals surface area contributed by atoms with Gasteiger partial charge in [-0.1, -0.05) is 6.92 Å². The van der Waals surface area contributed by atoms with Crippen LogP contribution in [0.2, 0.25) is 0 Å². The molecule has 2 heterocycles. The van der Waals surface area contributed by atoms with E-state index in [9.17, 15) is 9.59 Å². The van der Waals surface area contributed by atoms with Gasteiger partial charge in [0.2, 0.25) is 11.8 Å². The molecule has 2 atom stereocenters. The van der Waals surface area contributed by atoms with Crippen molar-refractivity contribution in [1.82, 2.24) is 15.1 Å². The van der Waals surface area contributed by atoms with Crippen molar-refractivity contribution in [2.24, 2.45) is 17.8 Å². The lowest BCUT2D eigenvalue weighted by molar-refractivity contribution is -0.136. The average Bonchev–Trinajstić information content (AvgIpc) is 3.30. The Morgan fingerprint density at radius 1 is 1.04 bits per heavy atom. The second-order valence-electron chi connectivity index (χ2n) is 7.76. The summed E-state index contributed by atoms with van der Waals surface area (Å²) in [6.07, 6.45) is 6.58. The predicted octanol–water partition coefficient (Wildman–Crippen LogP) is 1.48. The summed E-state index contributed by atoms with van der Waals surface area (Å²) in [5.74, 6) is 1.17. The minimum Gasteiger partial charge on any atom is -0.355 e. The molecule has 2 amide bonds. The van der Waals surface area contributed by atoms with Crippen LogP contribution in [0.25, 0.3) is 0 Å². The van der Waals surface area contributed by atoms with E-state index in [0.29, 0.717) is 12.5 Å². The fraction of sp³-hybridized carbons (Fsp3) is 0.889. The number of likely N-dealkylation sites (tertiary alicyclic amines) is 2. The zero-order valence-corrected chi connectivity index (χ0v) is 14.4. The molecule has 23 heavy (non-hydrogen) atoms. The third kappa shape index (κ3) is 4.69. The van der Waals surface area contributed by atoms with Crippen LogP contribution in [0.15, 0.2) is 0 Å². The summed E-state index contributed by atoms with van der Waals surface area (Å²) in [7, 11) is 0. The molecule has 1 N–H and O–H groups in total. The Morgan fingerprint density at radius 3 is 2.48 bits per heavy atom. The molecular weight excluding hydrogens is 290 g/mol. The number of rotatable bonds is 6. The van der Waals surface area contributed by atoms with Crippen LogP contribution in [0.5, 0.6) is 0 Å². The number of hydrogen-bond acceptors (Lipinski definition) is 3. The van der Waals surface area contributed by atoms with Crippen LogP contribution in [-0.4, -0.2) is 60.9 Å². The Bertz CT molecular complexity index is 430. The highest BCUT2D eigenvalue weighted by Crippen LogP contribution is 2.32. The number of carbonyl (C=O) groups excluding carboxylic acids is 2. The maximum Gasteiger partial charge on any atom is 0.225 e. The van der Waals surface area contributed by atoms with Crippen molar-refractivity contribution >= 4 is 11.8 Å². The van der Waals surface area contributed by atoms with Gasteiger partial charge in [0.05, 0.1) is 5.92 Å². The van der Waals surface area contributed by atoms with Gasteiger partial charge in [-0.2, -0.15) is 0 Å². The van der Waals surface area contributed by atoms with Crippen molar-refractivity contribution in [3.63, 3.8) is 0 Å². The smallest absolute Gasteiger partial charge is 0.225 e. The summed E-state index contributed by atoms with van der Waals surface area (Å²) in [5, 5.41) is 3.13. The molecule has 0 aromatic rings. The molecule has 5 nitrogen and oxygen atoms in total. The second-order valence-corrected chi connectivity index (χ2v) is 7.76. The van der Waals surface area contributed by atoms with Crippen LogP contribution in [0.3, 0.4) is 0 Å². The van der Waals surface area contributed by atoms with Gasteiger partial charge in [-0.25, -0.2) is 0 Å². The lowest BCUT2D eigenvalue weighted by atomic mass is 9.96. The third-order valence-corrected chi connectivity index (χ3v) is 5.42. The van der Waals surface area contributed by atoms with E-state index < -0.39 is 0 Å². The lowest BCUT2D eigenvalue weighted by Gasteiger charge is -2.32.